The zero-order chi connectivity index (χ0) is 33.1. The summed E-state index contributed by atoms with van der Waals surface area (Å²) in [5.74, 6) is 0.306. The summed E-state index contributed by atoms with van der Waals surface area (Å²) < 4.78 is 5.95. The van der Waals surface area contributed by atoms with Gasteiger partial charge in [-0.15, -0.1) is 0 Å². The Morgan fingerprint density at radius 3 is 1.96 bits per heavy atom. The Hall–Kier alpha value is -4.69. The van der Waals surface area contributed by atoms with Crippen LogP contribution >= 0.6 is 0 Å². The molecule has 2 amide bonds. The van der Waals surface area contributed by atoms with Gasteiger partial charge in [-0.25, -0.2) is 0 Å². The molecule has 2 atom stereocenters. The van der Waals surface area contributed by atoms with Gasteiger partial charge in [-0.3, -0.25) is 19.5 Å². The summed E-state index contributed by atoms with van der Waals surface area (Å²) in [6.45, 7) is 6.85. The van der Waals surface area contributed by atoms with Crippen LogP contribution in [0.25, 0.3) is 0 Å². The van der Waals surface area contributed by atoms with Crippen LogP contribution in [-0.4, -0.2) is 60.5 Å². The third kappa shape index (κ3) is 10.7. The lowest BCUT2D eigenvalue weighted by atomic mass is 10.0. The molecule has 4 aromatic rings. The van der Waals surface area contributed by atoms with Crippen molar-refractivity contribution in [2.24, 2.45) is 0 Å². The molecular formula is C38H47N5O3. The number of benzene rings is 3. The number of pyridine rings is 1. The SMILES string of the molecule is CN(C)c1ccc(CN(C)C(Cc2ccncc2)C(=O)NC(Cc2ccc(OCc3ccccc3)cc2)C(=O)NC(C)(C)C)cc1. The topological polar surface area (TPSA) is 86.8 Å². The third-order valence-electron chi connectivity index (χ3n) is 7.64. The van der Waals surface area contributed by atoms with E-state index in [-0.39, 0.29) is 11.8 Å². The van der Waals surface area contributed by atoms with Gasteiger partial charge in [0.1, 0.15) is 18.4 Å². The standard InChI is InChI=1S/C38H47N5O3/c1-38(2,3)41-36(44)34(24-28-14-18-33(19-15-28)46-27-31-10-8-7-9-11-31)40-37(45)35(25-29-20-22-39-23-21-29)43(6)26-30-12-16-32(17-13-30)42(4)5/h7-23,34-35H,24-27H2,1-6H3,(H,40,45)(H,41,44). The molecule has 8 heteroatoms. The maximum absolute atomic E-state index is 14.1. The molecule has 3 aromatic carbocycles. The van der Waals surface area contributed by atoms with E-state index < -0.39 is 17.6 Å². The summed E-state index contributed by atoms with van der Waals surface area (Å²) in [7, 11) is 5.97. The van der Waals surface area contributed by atoms with Crippen molar-refractivity contribution in [3.05, 3.63) is 126 Å². The Morgan fingerprint density at radius 1 is 0.739 bits per heavy atom. The number of nitrogens with one attached hydrogen (secondary N) is 2. The summed E-state index contributed by atoms with van der Waals surface area (Å²) in [6, 6.07) is 28.6. The summed E-state index contributed by atoms with van der Waals surface area (Å²) in [5.41, 5.74) is 4.75. The van der Waals surface area contributed by atoms with E-state index in [2.05, 4.69) is 44.8 Å². The Labute approximate surface area is 273 Å². The molecule has 1 heterocycles. The van der Waals surface area contributed by atoms with Gasteiger partial charge in [0.25, 0.3) is 0 Å². The van der Waals surface area contributed by atoms with Crippen molar-refractivity contribution in [3.63, 3.8) is 0 Å². The molecule has 0 aliphatic heterocycles. The lowest BCUT2D eigenvalue weighted by Gasteiger charge is -2.31. The average Bonchev–Trinajstić information content (AvgIpc) is 3.03. The van der Waals surface area contributed by atoms with Gasteiger partial charge in [-0.05, 0) is 92.9 Å². The largest absolute Gasteiger partial charge is 0.489 e. The number of hydrogen-bond donors (Lipinski definition) is 2. The van der Waals surface area contributed by atoms with E-state index >= 15 is 0 Å². The fourth-order valence-electron chi connectivity index (χ4n) is 5.12. The molecule has 0 aliphatic rings. The number of anilines is 1. The van der Waals surface area contributed by atoms with Gasteiger partial charge in [0, 0.05) is 50.7 Å². The first-order valence-corrected chi connectivity index (χ1v) is 15.7. The average molecular weight is 622 g/mol. The highest BCUT2D eigenvalue weighted by atomic mass is 16.5. The molecule has 242 valence electrons. The highest BCUT2D eigenvalue weighted by molar-refractivity contribution is 5.90. The van der Waals surface area contributed by atoms with E-state index in [4.69, 9.17) is 4.74 Å². The predicted molar refractivity (Wildman–Crippen MR) is 185 cm³/mol. The van der Waals surface area contributed by atoms with E-state index in [1.165, 1.54) is 0 Å². The first-order valence-electron chi connectivity index (χ1n) is 15.7. The number of carbonyl (C=O) groups is 2. The summed E-state index contributed by atoms with van der Waals surface area (Å²) in [6.07, 6.45) is 4.28. The van der Waals surface area contributed by atoms with Crippen LogP contribution in [0.3, 0.4) is 0 Å². The lowest BCUT2D eigenvalue weighted by molar-refractivity contribution is -0.132. The van der Waals surface area contributed by atoms with Crippen LogP contribution in [0.1, 0.15) is 43.0 Å². The maximum atomic E-state index is 14.1. The summed E-state index contributed by atoms with van der Waals surface area (Å²) >= 11 is 0. The second-order valence-electron chi connectivity index (χ2n) is 13.0. The Morgan fingerprint density at radius 2 is 1.35 bits per heavy atom. The highest BCUT2D eigenvalue weighted by Gasteiger charge is 2.30. The Kier molecular flexibility index (Phi) is 11.9. The van der Waals surface area contributed by atoms with Gasteiger partial charge in [-0.1, -0.05) is 54.6 Å². The quantitative estimate of drug-likeness (QED) is 0.196. The maximum Gasteiger partial charge on any atom is 0.243 e. The van der Waals surface area contributed by atoms with Crippen LogP contribution in [0.4, 0.5) is 5.69 Å². The fourth-order valence-corrected chi connectivity index (χ4v) is 5.12. The molecule has 0 radical (unpaired) electrons. The van der Waals surface area contributed by atoms with Crippen LogP contribution in [0.5, 0.6) is 5.75 Å². The van der Waals surface area contributed by atoms with Gasteiger partial charge >= 0.3 is 0 Å². The molecule has 1 aromatic heterocycles. The molecule has 0 aliphatic carbocycles. The normalized spacial score (nSPS) is 12.7. The lowest BCUT2D eigenvalue weighted by Crippen LogP contribution is -2.56. The zero-order valence-electron chi connectivity index (χ0n) is 27.9. The second-order valence-corrected chi connectivity index (χ2v) is 13.0. The number of amides is 2. The molecular weight excluding hydrogens is 574 g/mol. The van der Waals surface area contributed by atoms with Crippen LogP contribution in [0.2, 0.25) is 0 Å². The monoisotopic (exact) mass is 621 g/mol. The molecule has 0 saturated carbocycles. The predicted octanol–water partition coefficient (Wildman–Crippen LogP) is 5.41. The minimum absolute atomic E-state index is 0.207. The fraction of sp³-hybridized carbons (Fsp3) is 0.342. The van der Waals surface area contributed by atoms with Crippen molar-refractivity contribution in [1.82, 2.24) is 20.5 Å². The molecule has 2 N–H and O–H groups in total. The van der Waals surface area contributed by atoms with Crippen LogP contribution < -0.4 is 20.3 Å². The van der Waals surface area contributed by atoms with Crippen molar-refractivity contribution in [1.29, 1.82) is 0 Å². The van der Waals surface area contributed by atoms with Gasteiger partial charge in [0.15, 0.2) is 0 Å². The third-order valence-corrected chi connectivity index (χ3v) is 7.64. The Bertz CT molecular complexity index is 1520. The van der Waals surface area contributed by atoms with Crippen LogP contribution in [0, 0.1) is 0 Å². The molecule has 8 nitrogen and oxygen atoms in total. The van der Waals surface area contributed by atoms with E-state index in [0.717, 1.165) is 33.7 Å². The van der Waals surface area contributed by atoms with Crippen molar-refractivity contribution in [3.8, 4) is 5.75 Å². The number of carbonyl (C=O) groups excluding carboxylic acids is 2. The van der Waals surface area contributed by atoms with Gasteiger partial charge in [0.05, 0.1) is 6.04 Å². The van der Waals surface area contributed by atoms with E-state index in [1.807, 2.05) is 114 Å². The van der Waals surface area contributed by atoms with Crippen molar-refractivity contribution in [2.75, 3.05) is 26.0 Å². The molecule has 0 bridgehead atoms. The van der Waals surface area contributed by atoms with E-state index in [0.29, 0.717) is 26.0 Å². The van der Waals surface area contributed by atoms with Crippen LogP contribution in [0.15, 0.2) is 103 Å². The molecule has 0 spiro atoms. The number of hydrogen-bond acceptors (Lipinski definition) is 6. The van der Waals surface area contributed by atoms with Gasteiger partial charge < -0.3 is 20.3 Å². The first-order chi connectivity index (χ1) is 22.0. The minimum Gasteiger partial charge on any atom is -0.489 e. The first kappa shape index (κ1) is 34.2. The highest BCUT2D eigenvalue weighted by Crippen LogP contribution is 2.18. The zero-order valence-corrected chi connectivity index (χ0v) is 27.9. The summed E-state index contributed by atoms with van der Waals surface area (Å²) in [4.78, 5) is 35.9. The number of nitrogens with zero attached hydrogens (tertiary/aromatic N) is 3. The number of rotatable bonds is 14. The second kappa shape index (κ2) is 16.0. The molecule has 4 rings (SSSR count). The molecule has 46 heavy (non-hydrogen) atoms. The molecule has 0 fully saturated rings. The smallest absolute Gasteiger partial charge is 0.243 e. The van der Waals surface area contributed by atoms with Crippen LogP contribution in [-0.2, 0) is 35.6 Å². The van der Waals surface area contributed by atoms with Gasteiger partial charge in [0.2, 0.25) is 11.8 Å². The van der Waals surface area contributed by atoms with E-state index in [1.54, 1.807) is 12.4 Å². The molecule has 0 saturated heterocycles. The van der Waals surface area contributed by atoms with Crippen molar-refractivity contribution in [2.45, 2.75) is 64.4 Å². The van der Waals surface area contributed by atoms with Crippen molar-refractivity contribution < 1.29 is 14.3 Å². The number of ether oxygens (including phenoxy) is 1. The summed E-state index contributed by atoms with van der Waals surface area (Å²) in [5, 5.41) is 6.18. The van der Waals surface area contributed by atoms with Crippen molar-refractivity contribution >= 4 is 17.5 Å². The molecule has 2 unspecified atom stereocenters. The Balaban J connectivity index is 1.51. The van der Waals surface area contributed by atoms with E-state index in [9.17, 15) is 9.59 Å². The number of likely N-dealkylation sites (N-methyl/N-ethyl adjacent to an activating group) is 1. The number of aromatic nitrogens is 1. The minimum atomic E-state index is -0.768. The van der Waals surface area contributed by atoms with Gasteiger partial charge in [-0.2, -0.15) is 0 Å².